The van der Waals surface area contributed by atoms with Crippen LogP contribution in [0.2, 0.25) is 0 Å². The Morgan fingerprint density at radius 1 is 1.16 bits per heavy atom. The van der Waals surface area contributed by atoms with Gasteiger partial charge in [-0.15, -0.1) is 0 Å². The van der Waals surface area contributed by atoms with Crippen LogP contribution in [0.3, 0.4) is 0 Å². The number of hydrogen-bond donors (Lipinski definition) is 1. The molecule has 3 aliphatic rings. The molecule has 4 rings (SSSR count). The number of likely N-dealkylation sites (tertiary alicyclic amines) is 1. The second-order valence-electron chi connectivity index (χ2n) is 6.92. The molecule has 1 aromatic carbocycles. The number of hydrogen-bond acceptors (Lipinski definition) is 3. The van der Waals surface area contributed by atoms with Crippen molar-refractivity contribution in [3.8, 4) is 0 Å². The number of carbonyl (C=O) groups is 3. The minimum absolute atomic E-state index is 0.0195. The zero-order valence-corrected chi connectivity index (χ0v) is 14.0. The first-order valence-electron chi connectivity index (χ1n) is 8.74. The van der Waals surface area contributed by atoms with Crippen molar-refractivity contribution in [1.82, 2.24) is 15.1 Å². The summed E-state index contributed by atoms with van der Waals surface area (Å²) in [5.41, 5.74) is 2.62. The predicted molar refractivity (Wildman–Crippen MR) is 92.7 cm³/mol. The summed E-state index contributed by atoms with van der Waals surface area (Å²) in [7, 11) is 0. The molecule has 2 heterocycles. The van der Waals surface area contributed by atoms with Crippen LogP contribution in [0.4, 0.5) is 4.79 Å². The molecule has 6 heteroatoms. The number of rotatable bonds is 2. The Balaban J connectivity index is 1.41. The number of amides is 4. The lowest BCUT2D eigenvalue weighted by Crippen LogP contribution is -2.54. The molecule has 130 valence electrons. The predicted octanol–water partition coefficient (Wildman–Crippen LogP) is 1.52. The summed E-state index contributed by atoms with van der Waals surface area (Å²) < 4.78 is 0. The van der Waals surface area contributed by atoms with Crippen LogP contribution in [0.25, 0.3) is 6.08 Å². The lowest BCUT2D eigenvalue weighted by atomic mass is 9.74. The van der Waals surface area contributed by atoms with Gasteiger partial charge in [-0.05, 0) is 24.0 Å². The molecule has 1 spiro atoms. The summed E-state index contributed by atoms with van der Waals surface area (Å²) >= 11 is 0. The number of nitrogens with zero attached hydrogens (tertiary/aromatic N) is 2. The Bertz CT molecular complexity index is 747. The molecule has 1 aliphatic carbocycles. The van der Waals surface area contributed by atoms with E-state index < -0.39 is 6.03 Å². The molecule has 0 atom stereocenters. The standard InChI is InChI=1S/C19H21N3O3/c23-16-6-10-20-18(25)22(16)13-17(24)21-11-8-19(9-12-21)7-5-14-3-1-2-4-15(14)19/h1-5,7H,6,8-13H2,(H,20,25). The van der Waals surface area contributed by atoms with Crippen molar-refractivity contribution in [3.05, 3.63) is 41.5 Å². The maximum Gasteiger partial charge on any atom is 0.324 e. The van der Waals surface area contributed by atoms with E-state index >= 15 is 0 Å². The largest absolute Gasteiger partial charge is 0.341 e. The number of imide groups is 1. The van der Waals surface area contributed by atoms with E-state index in [1.54, 1.807) is 4.90 Å². The molecule has 0 aromatic heterocycles. The minimum atomic E-state index is -0.467. The van der Waals surface area contributed by atoms with E-state index in [1.165, 1.54) is 11.1 Å². The SMILES string of the molecule is O=C(CN1C(=O)CCNC1=O)N1CCC2(C=Cc3ccccc32)CC1. The normalized spacial score (nSPS) is 21.4. The molecule has 0 saturated carbocycles. The summed E-state index contributed by atoms with van der Waals surface area (Å²) in [6.07, 6.45) is 6.42. The number of piperidine rings is 1. The third kappa shape index (κ3) is 2.71. The van der Waals surface area contributed by atoms with Crippen LogP contribution in [-0.4, -0.2) is 53.8 Å². The Morgan fingerprint density at radius 3 is 2.68 bits per heavy atom. The highest BCUT2D eigenvalue weighted by Crippen LogP contribution is 2.43. The van der Waals surface area contributed by atoms with E-state index in [4.69, 9.17) is 0 Å². The molecule has 2 aliphatic heterocycles. The molecule has 0 unspecified atom stereocenters. The Kier molecular flexibility index (Phi) is 3.82. The fourth-order valence-electron chi connectivity index (χ4n) is 4.04. The van der Waals surface area contributed by atoms with Gasteiger partial charge in [0.25, 0.3) is 0 Å². The molecule has 0 radical (unpaired) electrons. The fourth-order valence-corrected chi connectivity index (χ4v) is 4.04. The van der Waals surface area contributed by atoms with E-state index in [-0.39, 0.29) is 30.2 Å². The first-order valence-corrected chi connectivity index (χ1v) is 8.74. The highest BCUT2D eigenvalue weighted by Gasteiger charge is 2.39. The maximum atomic E-state index is 12.5. The highest BCUT2D eigenvalue weighted by atomic mass is 16.2. The van der Waals surface area contributed by atoms with E-state index in [1.807, 2.05) is 6.07 Å². The molecule has 25 heavy (non-hydrogen) atoms. The lowest BCUT2D eigenvalue weighted by Gasteiger charge is -2.40. The number of carbonyl (C=O) groups excluding carboxylic acids is 3. The van der Waals surface area contributed by atoms with Crippen molar-refractivity contribution in [2.45, 2.75) is 24.7 Å². The second kappa shape index (κ2) is 6.02. The number of benzene rings is 1. The summed E-state index contributed by atoms with van der Waals surface area (Å²) in [6, 6.07) is 7.93. The molecule has 0 bridgehead atoms. The van der Waals surface area contributed by atoms with Gasteiger partial charge in [-0.25, -0.2) is 4.79 Å². The van der Waals surface area contributed by atoms with E-state index in [0.29, 0.717) is 19.6 Å². The number of nitrogens with one attached hydrogen (secondary N) is 1. The van der Waals surface area contributed by atoms with Crippen molar-refractivity contribution in [2.24, 2.45) is 0 Å². The van der Waals surface area contributed by atoms with Crippen LogP contribution >= 0.6 is 0 Å². The first kappa shape index (κ1) is 15.9. The zero-order valence-electron chi connectivity index (χ0n) is 14.0. The van der Waals surface area contributed by atoms with Gasteiger partial charge in [0.05, 0.1) is 0 Å². The van der Waals surface area contributed by atoms with Crippen molar-refractivity contribution in [2.75, 3.05) is 26.2 Å². The monoisotopic (exact) mass is 339 g/mol. The van der Waals surface area contributed by atoms with Gasteiger partial charge >= 0.3 is 6.03 Å². The van der Waals surface area contributed by atoms with Gasteiger partial charge in [-0.3, -0.25) is 14.5 Å². The molecular formula is C19H21N3O3. The van der Waals surface area contributed by atoms with Gasteiger partial charge in [-0.2, -0.15) is 0 Å². The fraction of sp³-hybridized carbons (Fsp3) is 0.421. The van der Waals surface area contributed by atoms with Gasteiger partial charge in [0.1, 0.15) is 6.54 Å². The van der Waals surface area contributed by atoms with Gasteiger partial charge in [0.15, 0.2) is 0 Å². The number of fused-ring (bicyclic) bond motifs is 2. The number of allylic oxidation sites excluding steroid dienone is 1. The Hall–Kier alpha value is -2.63. The summed E-state index contributed by atoms with van der Waals surface area (Å²) in [5, 5.41) is 2.61. The van der Waals surface area contributed by atoms with Gasteiger partial charge < -0.3 is 10.2 Å². The lowest BCUT2D eigenvalue weighted by molar-refractivity contribution is -0.139. The molecule has 2 saturated heterocycles. The van der Waals surface area contributed by atoms with Crippen molar-refractivity contribution in [1.29, 1.82) is 0 Å². The molecule has 1 N–H and O–H groups in total. The van der Waals surface area contributed by atoms with Crippen molar-refractivity contribution < 1.29 is 14.4 Å². The smallest absolute Gasteiger partial charge is 0.324 e. The summed E-state index contributed by atoms with van der Waals surface area (Å²) in [5.74, 6) is -0.436. The first-order chi connectivity index (χ1) is 12.1. The van der Waals surface area contributed by atoms with Crippen molar-refractivity contribution in [3.63, 3.8) is 0 Å². The Labute approximate surface area is 146 Å². The van der Waals surface area contributed by atoms with E-state index in [0.717, 1.165) is 17.7 Å². The van der Waals surface area contributed by atoms with E-state index in [9.17, 15) is 14.4 Å². The zero-order chi connectivity index (χ0) is 17.4. The van der Waals surface area contributed by atoms with Crippen LogP contribution in [0.15, 0.2) is 30.3 Å². The molecule has 2 fully saturated rings. The quantitative estimate of drug-likeness (QED) is 0.888. The third-order valence-electron chi connectivity index (χ3n) is 5.54. The molecule has 4 amide bonds. The molecular weight excluding hydrogens is 318 g/mol. The van der Waals surface area contributed by atoms with Gasteiger partial charge in [-0.1, -0.05) is 36.4 Å². The summed E-state index contributed by atoms with van der Waals surface area (Å²) in [6.45, 7) is 1.47. The molecule has 6 nitrogen and oxygen atoms in total. The van der Waals surface area contributed by atoms with Crippen LogP contribution in [0.1, 0.15) is 30.4 Å². The van der Waals surface area contributed by atoms with Gasteiger partial charge in [0, 0.05) is 31.5 Å². The maximum absolute atomic E-state index is 12.5. The van der Waals surface area contributed by atoms with E-state index in [2.05, 4.69) is 35.7 Å². The minimum Gasteiger partial charge on any atom is -0.341 e. The van der Waals surface area contributed by atoms with Crippen LogP contribution < -0.4 is 5.32 Å². The van der Waals surface area contributed by atoms with Crippen molar-refractivity contribution >= 4 is 23.9 Å². The summed E-state index contributed by atoms with van der Waals surface area (Å²) in [4.78, 5) is 39.0. The average molecular weight is 339 g/mol. The number of urea groups is 1. The topological polar surface area (TPSA) is 69.7 Å². The average Bonchev–Trinajstić information content (AvgIpc) is 2.98. The second-order valence-corrected chi connectivity index (χ2v) is 6.92. The highest BCUT2D eigenvalue weighted by molar-refractivity contribution is 6.00. The third-order valence-corrected chi connectivity index (χ3v) is 5.54. The van der Waals surface area contributed by atoms with Crippen LogP contribution in [0.5, 0.6) is 0 Å². The molecule has 1 aromatic rings. The van der Waals surface area contributed by atoms with Crippen LogP contribution in [-0.2, 0) is 15.0 Å². The van der Waals surface area contributed by atoms with Gasteiger partial charge in [0.2, 0.25) is 11.8 Å². The Morgan fingerprint density at radius 2 is 1.92 bits per heavy atom. The van der Waals surface area contributed by atoms with Crippen LogP contribution in [0, 0.1) is 0 Å².